The average Bonchev–Trinajstić information content (AvgIpc) is 3.82. The van der Waals surface area contributed by atoms with Gasteiger partial charge in [-0.15, -0.1) is 0 Å². The number of hydrogen-bond acceptors (Lipinski definition) is 5. The summed E-state index contributed by atoms with van der Waals surface area (Å²) in [4.78, 5) is 19.3. The minimum absolute atomic E-state index is 0. The molecule has 0 bridgehead atoms. The Morgan fingerprint density at radius 2 is 0.829 bits per heavy atom. The van der Waals surface area contributed by atoms with E-state index in [0.29, 0.717) is 0 Å². The predicted octanol–water partition coefficient (Wildman–Crippen LogP) is 20.3. The van der Waals surface area contributed by atoms with Crippen molar-refractivity contribution < 1.29 is 269 Å². The maximum Gasteiger partial charge on any atom is 0 e. The Morgan fingerprint density at radius 3 is 0.974 bits per heavy atom. The second-order valence-corrected chi connectivity index (χ2v) is 11.7. The molecule has 0 saturated carbocycles. The second kappa shape index (κ2) is 153. The number of pyridine rings is 3. The van der Waals surface area contributed by atoms with Gasteiger partial charge in [0.1, 0.15) is 6.33 Å². The first-order chi connectivity index (χ1) is 29.6. The summed E-state index contributed by atoms with van der Waals surface area (Å²) in [7, 11) is 0. The summed E-state index contributed by atoms with van der Waals surface area (Å²) in [6.07, 6.45) is 22.6. The predicted molar refractivity (Wildman–Crippen MR) is 321 cm³/mol. The van der Waals surface area contributed by atoms with E-state index in [2.05, 4.69) is 73.5 Å². The number of benzene rings is 1. The molecule has 5 nitrogen and oxygen atoms in total. The van der Waals surface area contributed by atoms with Crippen LogP contribution in [0.15, 0.2) is 152 Å². The van der Waals surface area contributed by atoms with Gasteiger partial charge in [0.15, 0.2) is 0 Å². The quantitative estimate of drug-likeness (QED) is 0.165. The Morgan fingerprint density at radius 1 is 0.461 bits per heavy atom. The molecule has 1 aliphatic carbocycles. The van der Waals surface area contributed by atoms with Crippen molar-refractivity contribution in [2.75, 3.05) is 0 Å². The summed E-state index contributed by atoms with van der Waals surface area (Å²) < 4.78 is 2.12. The maximum atomic E-state index is 5.30. The summed E-state index contributed by atoms with van der Waals surface area (Å²) >= 11 is 1.50. The zero-order valence-corrected chi connectivity index (χ0v) is 80.2. The molecule has 76 heavy (non-hydrogen) atoms. The summed E-state index contributed by atoms with van der Waals surface area (Å²) in [5, 5.41) is 0. The Labute approximate surface area is 683 Å². The summed E-state index contributed by atoms with van der Waals surface area (Å²) in [6.45, 7) is 47.4. The molecule has 14 heteroatoms. The van der Waals surface area contributed by atoms with Crippen LogP contribution in [-0.2, 0) is 269 Å². The third kappa shape index (κ3) is 159. The molecule has 0 atom stereocenters. The van der Waals surface area contributed by atoms with Crippen LogP contribution in [0.2, 0.25) is 0 Å². The maximum absolute atomic E-state index is 5.30. The van der Waals surface area contributed by atoms with Crippen molar-refractivity contribution in [2.24, 2.45) is 0 Å². The van der Waals surface area contributed by atoms with E-state index in [1.807, 2.05) is 198 Å². The SMILES string of the molecule is CC.CC.CC.CC.CC.CC.CC.CC1=CC=CC1.Cc1ccccc1.Cc1ccccn1.Cc1cccnc1.Cc1ccncc1.Cc1cncnc1.[CH-]=C(C)C[CH]=[W].[CH3-].[CH3-].[CH3-].[CH3-].[CH3-].[CH3-].[CH3-].[W].[Y].[Y].[Y].[Y].[Y].[Y].[Y]. The number of nitrogens with zero attached hydrogens (tertiary/aromatic N) is 5. The van der Waals surface area contributed by atoms with Crippen molar-refractivity contribution in [2.45, 2.75) is 158 Å². The van der Waals surface area contributed by atoms with Gasteiger partial charge in [0, 0.05) is 299 Å². The Kier molecular flexibility index (Phi) is 310. The fourth-order valence-corrected chi connectivity index (χ4v) is 3.86. The zero-order chi connectivity index (χ0) is 49.0. The molecule has 0 aliphatic heterocycles. The Bertz CT molecular complexity index is 1320. The fourth-order valence-electron chi connectivity index (χ4n) is 2.92. The van der Waals surface area contributed by atoms with Crippen LogP contribution < -0.4 is 0 Å². The van der Waals surface area contributed by atoms with Crippen molar-refractivity contribution >= 4 is 4.40 Å². The van der Waals surface area contributed by atoms with Gasteiger partial charge in [-0.25, -0.2) is 9.97 Å². The van der Waals surface area contributed by atoms with Crippen molar-refractivity contribution in [3.05, 3.63) is 238 Å². The van der Waals surface area contributed by atoms with Crippen LogP contribution in [0.25, 0.3) is 0 Å². The van der Waals surface area contributed by atoms with E-state index in [0.717, 1.165) is 23.3 Å². The van der Waals surface area contributed by atoms with Gasteiger partial charge < -0.3 is 52.0 Å². The first-order valence-corrected chi connectivity index (χ1v) is 24.0. The number of allylic oxidation sites excluding steroid dienone is 5. The third-order valence-electron chi connectivity index (χ3n) is 5.46. The standard InChI is InChI=1S/C7H8.3C6H7N.C6H8.C5H6N2.C5H7.7C2H6.7CH3.2W.7Y/c1-7-5-3-2-4-6-7;1-6-2-4-7-5-3-6;1-6-3-2-4-7-5-6;1-6-4-2-3-5-7-6;1-6-4-2-3-5-6;1-5-2-6-4-7-3-5;1-4-5(2)3;7*1-2;;;;;;;;;;;;;;;;/h2-6H,1H3;3*2-5H,1H3;2-4H,5H2,1H3;2-4H,1H3;1-2H,4H2,3H3;7*1-2H3;7*1H3;;;;;;;;;/q;;;;;;-1;;;;;;;;7*-1;;;;;;;;;. The number of rotatable bonds is 2. The summed E-state index contributed by atoms with van der Waals surface area (Å²) in [5.74, 6) is 0. The second-order valence-electron chi connectivity index (χ2n) is 10.5. The van der Waals surface area contributed by atoms with Crippen LogP contribution in [0.3, 0.4) is 0 Å². The molecule has 4 aromatic heterocycles. The van der Waals surface area contributed by atoms with Gasteiger partial charge in [0.25, 0.3) is 0 Å². The van der Waals surface area contributed by atoms with E-state index in [-0.39, 0.29) is 302 Å². The third-order valence-corrected chi connectivity index (χ3v) is 6.06. The molecule has 7 radical (unpaired) electrons. The molecule has 0 N–H and O–H groups in total. The van der Waals surface area contributed by atoms with Gasteiger partial charge in [0.2, 0.25) is 0 Å². The summed E-state index contributed by atoms with van der Waals surface area (Å²) in [5.41, 5.74) is 8.44. The van der Waals surface area contributed by atoms with Crippen molar-refractivity contribution in [1.82, 2.24) is 24.9 Å². The van der Waals surface area contributed by atoms with Crippen molar-refractivity contribution in [3.8, 4) is 0 Å². The fraction of sp³-hybridized carbons (Fsp3) is 0.371. The number of aryl methyl sites for hydroxylation is 5. The molecule has 0 fully saturated rings. The Hall–Kier alpha value is 3.94. The van der Waals surface area contributed by atoms with E-state index < -0.39 is 0 Å². The minimum atomic E-state index is 0. The molecule has 0 amide bonds. The molecule has 427 valence electrons. The smallest absolute Gasteiger partial charge is 0 e. The molecule has 4 heterocycles. The summed E-state index contributed by atoms with van der Waals surface area (Å²) in [6, 6.07) is 24.0. The molecular weight excluding hydrogens is 1800 g/mol. The molecule has 0 unspecified atom stereocenters. The van der Waals surface area contributed by atoms with E-state index in [1.54, 1.807) is 37.2 Å². The van der Waals surface area contributed by atoms with E-state index in [9.17, 15) is 0 Å². The topological polar surface area (TPSA) is 64.5 Å². The molecule has 1 aromatic carbocycles. The van der Waals surface area contributed by atoms with Gasteiger partial charge in [0.05, 0.1) is 0 Å². The van der Waals surface area contributed by atoms with Gasteiger partial charge in [-0.1, -0.05) is 169 Å². The van der Waals surface area contributed by atoms with Gasteiger partial charge >= 0.3 is 49.3 Å². The Balaban J connectivity index is -0.0000000192. The van der Waals surface area contributed by atoms with Crippen LogP contribution >= 0.6 is 0 Å². The first-order valence-electron chi connectivity index (χ1n) is 22.3. The molecule has 0 saturated heterocycles. The monoisotopic (exact) mass is 1920 g/mol. The first kappa shape index (κ1) is 154. The van der Waals surface area contributed by atoms with Crippen molar-refractivity contribution in [1.29, 1.82) is 0 Å². The number of aromatic nitrogens is 5. The van der Waals surface area contributed by atoms with Crippen molar-refractivity contribution in [3.63, 3.8) is 0 Å². The van der Waals surface area contributed by atoms with E-state index in [1.165, 1.54) is 54.4 Å². The zero-order valence-electron chi connectivity index (χ0n) is 54.4. The van der Waals surface area contributed by atoms with Gasteiger partial charge in [-0.3, -0.25) is 15.0 Å². The van der Waals surface area contributed by atoms with Crippen LogP contribution in [0.5, 0.6) is 0 Å². The molecule has 6 rings (SSSR count). The van der Waals surface area contributed by atoms with E-state index >= 15 is 0 Å². The van der Waals surface area contributed by atoms with Crippen LogP contribution in [0.1, 0.15) is 152 Å². The molecule has 5 aromatic rings. The average molecular weight is 1920 g/mol. The van der Waals surface area contributed by atoms with Gasteiger partial charge in [-0.05, 0) is 95.0 Å². The normalized spacial score (nSPS) is 6.62. The largest absolute Gasteiger partial charge is 0.358 e. The van der Waals surface area contributed by atoms with Crippen LogP contribution in [-0.4, -0.2) is 29.3 Å². The minimum Gasteiger partial charge on any atom is -0.358 e. The molecule has 1 aliphatic rings. The number of hydrogen-bond donors (Lipinski definition) is 0. The van der Waals surface area contributed by atoms with E-state index in [4.69, 9.17) is 6.58 Å². The van der Waals surface area contributed by atoms with Crippen LogP contribution in [0.4, 0.5) is 0 Å². The molecule has 0 spiro atoms. The van der Waals surface area contributed by atoms with Gasteiger partial charge in [-0.2, -0.15) is 0 Å². The van der Waals surface area contributed by atoms with Crippen LogP contribution in [0, 0.1) is 93.2 Å². The molecular formula is C62H113N5W2Y7-8.